The van der Waals surface area contributed by atoms with Gasteiger partial charge in [0, 0.05) is 18.1 Å². The number of aryl methyl sites for hydroxylation is 2. The molecule has 39 heavy (non-hydrogen) atoms. The Hall–Kier alpha value is -3.36. The van der Waals surface area contributed by atoms with Crippen LogP contribution in [0.3, 0.4) is 0 Å². The Kier molecular flexibility index (Phi) is 10.5. The fourth-order valence-electron chi connectivity index (χ4n) is 3.98. The summed E-state index contributed by atoms with van der Waals surface area (Å²) < 4.78 is 28.8. The van der Waals surface area contributed by atoms with E-state index in [2.05, 4.69) is 5.32 Å². The van der Waals surface area contributed by atoms with E-state index in [1.165, 1.54) is 17.0 Å². The van der Waals surface area contributed by atoms with Gasteiger partial charge in [0.15, 0.2) is 0 Å². The summed E-state index contributed by atoms with van der Waals surface area (Å²) in [4.78, 5) is 28.4. The number of carbonyl (C=O) groups is 2. The van der Waals surface area contributed by atoms with Crippen LogP contribution < -0.4 is 9.62 Å². The molecule has 7 nitrogen and oxygen atoms in total. The van der Waals surface area contributed by atoms with Gasteiger partial charge in [-0.2, -0.15) is 0 Å². The largest absolute Gasteiger partial charge is 0.354 e. The Morgan fingerprint density at radius 2 is 1.46 bits per heavy atom. The van der Waals surface area contributed by atoms with Crippen molar-refractivity contribution in [2.45, 2.75) is 58.0 Å². The van der Waals surface area contributed by atoms with Gasteiger partial charge in [-0.3, -0.25) is 13.9 Å². The Balaban J connectivity index is 1.98. The number of sulfonamides is 1. The number of nitrogens with zero attached hydrogens (tertiary/aromatic N) is 2. The van der Waals surface area contributed by atoms with E-state index in [1.54, 1.807) is 67.6 Å². The maximum atomic E-state index is 13.9. The van der Waals surface area contributed by atoms with Crippen LogP contribution in [0.2, 0.25) is 5.02 Å². The molecule has 0 aliphatic carbocycles. The van der Waals surface area contributed by atoms with Crippen LogP contribution in [-0.4, -0.2) is 44.3 Å². The zero-order valence-electron chi connectivity index (χ0n) is 22.9. The molecule has 2 amide bonds. The molecule has 0 saturated heterocycles. The van der Waals surface area contributed by atoms with Gasteiger partial charge < -0.3 is 10.2 Å². The van der Waals surface area contributed by atoms with Crippen molar-refractivity contribution in [1.29, 1.82) is 0 Å². The van der Waals surface area contributed by atoms with Gasteiger partial charge in [-0.25, -0.2) is 8.42 Å². The van der Waals surface area contributed by atoms with Crippen molar-refractivity contribution in [2.75, 3.05) is 17.4 Å². The molecule has 3 aromatic carbocycles. The predicted octanol–water partition coefficient (Wildman–Crippen LogP) is 5.49. The van der Waals surface area contributed by atoms with Crippen molar-refractivity contribution in [3.8, 4) is 0 Å². The average Bonchev–Trinajstić information content (AvgIpc) is 2.91. The lowest BCUT2D eigenvalue weighted by Gasteiger charge is -2.32. The van der Waals surface area contributed by atoms with E-state index in [1.807, 2.05) is 20.8 Å². The summed E-state index contributed by atoms with van der Waals surface area (Å²) in [5.41, 5.74) is 3.01. The Bertz CT molecular complexity index is 1360. The van der Waals surface area contributed by atoms with Crippen molar-refractivity contribution in [2.24, 2.45) is 0 Å². The van der Waals surface area contributed by atoms with E-state index in [9.17, 15) is 18.0 Å². The normalized spacial score (nSPS) is 12.0. The molecule has 0 fully saturated rings. The molecular weight excluding hydrogens is 534 g/mol. The maximum absolute atomic E-state index is 13.9. The monoisotopic (exact) mass is 569 g/mol. The summed E-state index contributed by atoms with van der Waals surface area (Å²) >= 11 is 6.04. The van der Waals surface area contributed by atoms with E-state index in [4.69, 9.17) is 11.6 Å². The topological polar surface area (TPSA) is 86.8 Å². The van der Waals surface area contributed by atoms with Crippen LogP contribution >= 0.6 is 11.6 Å². The fourth-order valence-corrected chi connectivity index (χ4v) is 5.52. The smallest absolute Gasteiger partial charge is 0.264 e. The van der Waals surface area contributed by atoms with Crippen LogP contribution in [0.1, 0.15) is 43.4 Å². The Morgan fingerprint density at radius 1 is 0.897 bits per heavy atom. The number of anilines is 1. The molecule has 0 bridgehead atoms. The highest BCUT2D eigenvalue weighted by molar-refractivity contribution is 7.92. The zero-order chi connectivity index (χ0) is 28.6. The molecule has 3 rings (SSSR count). The van der Waals surface area contributed by atoms with Crippen molar-refractivity contribution in [1.82, 2.24) is 10.2 Å². The molecular formula is C30H36ClN3O4S. The quantitative estimate of drug-likeness (QED) is 0.292. The first-order valence-electron chi connectivity index (χ1n) is 13.0. The molecule has 0 saturated carbocycles. The van der Waals surface area contributed by atoms with Crippen LogP contribution in [-0.2, 0) is 26.2 Å². The number of nitrogens with one attached hydrogen (secondary N) is 1. The highest BCUT2D eigenvalue weighted by Crippen LogP contribution is 2.25. The summed E-state index contributed by atoms with van der Waals surface area (Å²) in [7, 11) is -4.09. The Morgan fingerprint density at radius 3 is 2.03 bits per heavy atom. The molecule has 1 unspecified atom stereocenters. The van der Waals surface area contributed by atoms with Crippen molar-refractivity contribution in [3.05, 3.63) is 94.5 Å². The molecule has 208 valence electrons. The lowest BCUT2D eigenvalue weighted by Crippen LogP contribution is -2.51. The van der Waals surface area contributed by atoms with Gasteiger partial charge in [-0.15, -0.1) is 0 Å². The standard InChI is InChI=1S/C30H36ClN3O4S/c1-5-6-19-32-30(36)24(4)33(20-25-11-13-26(31)14-12-25)29(35)21-34(27-15-7-22(2)8-16-27)39(37,38)28-17-9-23(3)10-18-28/h7-18,24H,5-6,19-21H2,1-4H3,(H,32,36). The molecule has 0 aliphatic rings. The second kappa shape index (κ2) is 13.6. The first kappa shape index (κ1) is 30.2. The lowest BCUT2D eigenvalue weighted by atomic mass is 10.1. The molecule has 1 N–H and O–H groups in total. The van der Waals surface area contributed by atoms with Crippen LogP contribution in [0.15, 0.2) is 77.7 Å². The van der Waals surface area contributed by atoms with Gasteiger partial charge in [0.1, 0.15) is 12.6 Å². The maximum Gasteiger partial charge on any atom is 0.264 e. The second-order valence-corrected chi connectivity index (χ2v) is 11.9. The van der Waals surface area contributed by atoms with E-state index in [-0.39, 0.29) is 17.3 Å². The van der Waals surface area contributed by atoms with Crippen molar-refractivity contribution < 1.29 is 18.0 Å². The third-order valence-corrected chi connectivity index (χ3v) is 8.51. The minimum Gasteiger partial charge on any atom is -0.354 e. The first-order valence-corrected chi connectivity index (χ1v) is 14.8. The first-order chi connectivity index (χ1) is 18.5. The number of unbranched alkanes of at least 4 members (excludes halogenated alkanes) is 1. The number of rotatable bonds is 12. The summed E-state index contributed by atoms with van der Waals surface area (Å²) in [6.45, 7) is 7.60. The van der Waals surface area contributed by atoms with E-state index < -0.39 is 28.5 Å². The van der Waals surface area contributed by atoms with E-state index in [0.717, 1.165) is 33.8 Å². The lowest BCUT2D eigenvalue weighted by molar-refractivity contribution is -0.139. The van der Waals surface area contributed by atoms with E-state index >= 15 is 0 Å². The van der Waals surface area contributed by atoms with Crippen LogP contribution in [0, 0.1) is 13.8 Å². The summed E-state index contributed by atoms with van der Waals surface area (Å²) in [5.74, 6) is -0.798. The van der Waals surface area contributed by atoms with E-state index in [0.29, 0.717) is 17.3 Å². The number of carbonyl (C=O) groups excluding carboxylic acids is 2. The molecule has 0 aromatic heterocycles. The van der Waals surface area contributed by atoms with Crippen LogP contribution in [0.4, 0.5) is 5.69 Å². The molecule has 0 heterocycles. The minimum atomic E-state index is -4.09. The Labute approximate surface area is 236 Å². The molecule has 9 heteroatoms. The van der Waals surface area contributed by atoms with Crippen LogP contribution in [0.5, 0.6) is 0 Å². The van der Waals surface area contributed by atoms with Crippen LogP contribution in [0.25, 0.3) is 0 Å². The minimum absolute atomic E-state index is 0.0797. The van der Waals surface area contributed by atoms with Gasteiger partial charge in [-0.1, -0.05) is 72.5 Å². The number of hydrogen-bond acceptors (Lipinski definition) is 4. The highest BCUT2D eigenvalue weighted by atomic mass is 35.5. The van der Waals surface area contributed by atoms with Gasteiger partial charge >= 0.3 is 0 Å². The van der Waals surface area contributed by atoms with Gasteiger partial charge in [0.2, 0.25) is 11.8 Å². The molecule has 0 spiro atoms. The van der Waals surface area contributed by atoms with Gasteiger partial charge in [-0.05, 0) is 69.2 Å². The zero-order valence-corrected chi connectivity index (χ0v) is 24.4. The fraction of sp³-hybridized carbons (Fsp3) is 0.333. The SMILES string of the molecule is CCCCNC(=O)C(C)N(Cc1ccc(Cl)cc1)C(=O)CN(c1ccc(C)cc1)S(=O)(=O)c1ccc(C)cc1. The highest BCUT2D eigenvalue weighted by Gasteiger charge is 2.32. The second-order valence-electron chi connectivity index (χ2n) is 9.63. The third kappa shape index (κ3) is 8.07. The van der Waals surface area contributed by atoms with Gasteiger partial charge in [0.25, 0.3) is 10.0 Å². The average molecular weight is 570 g/mol. The summed E-state index contributed by atoms with van der Waals surface area (Å²) in [6, 6.07) is 19.6. The van der Waals surface area contributed by atoms with Crippen molar-refractivity contribution in [3.63, 3.8) is 0 Å². The number of halogens is 1. The summed E-state index contributed by atoms with van der Waals surface area (Å²) in [6.07, 6.45) is 1.74. The molecule has 0 radical (unpaired) electrons. The predicted molar refractivity (Wildman–Crippen MR) is 156 cm³/mol. The number of hydrogen-bond donors (Lipinski definition) is 1. The number of benzene rings is 3. The van der Waals surface area contributed by atoms with Crippen molar-refractivity contribution >= 4 is 39.1 Å². The van der Waals surface area contributed by atoms with Gasteiger partial charge in [0.05, 0.1) is 10.6 Å². The summed E-state index contributed by atoms with van der Waals surface area (Å²) in [5, 5.41) is 3.43. The number of amides is 2. The third-order valence-electron chi connectivity index (χ3n) is 6.47. The molecule has 0 aliphatic heterocycles. The molecule has 3 aromatic rings. The molecule has 1 atom stereocenters.